The van der Waals surface area contributed by atoms with Gasteiger partial charge in [0.15, 0.2) is 0 Å². The highest BCUT2D eigenvalue weighted by Gasteiger charge is 2.11. The summed E-state index contributed by atoms with van der Waals surface area (Å²) in [5, 5.41) is 7.89. The Kier molecular flexibility index (Phi) is 13.0. The summed E-state index contributed by atoms with van der Waals surface area (Å²) in [7, 11) is -0.385. The van der Waals surface area contributed by atoms with Crippen LogP contribution in [0.25, 0.3) is 0 Å². The molecule has 1 N–H and O–H groups in total. The SMILES string of the molecule is C=C(C)C(=O)O.CC=C[SiH2]C(OC(C)C)OC(C)C. The molecule has 0 aliphatic carbocycles. The van der Waals surface area contributed by atoms with Crippen LogP contribution in [0.5, 0.6) is 0 Å². The number of allylic oxidation sites excluding steroid dienone is 1. The minimum absolute atomic E-state index is 0.0381. The lowest BCUT2D eigenvalue weighted by Crippen LogP contribution is -2.29. The van der Waals surface area contributed by atoms with Gasteiger partial charge in [-0.3, -0.25) is 0 Å². The second-order valence-corrected chi connectivity index (χ2v) is 6.30. The molecule has 0 bridgehead atoms. The fourth-order valence-electron chi connectivity index (χ4n) is 0.998. The first-order valence-corrected chi connectivity index (χ1v) is 8.14. The Morgan fingerprint density at radius 2 is 1.58 bits per heavy atom. The van der Waals surface area contributed by atoms with Crippen LogP contribution in [0.4, 0.5) is 0 Å². The topological polar surface area (TPSA) is 55.8 Å². The summed E-state index contributed by atoms with van der Waals surface area (Å²) >= 11 is 0. The molecule has 0 aromatic heterocycles. The second-order valence-electron chi connectivity index (χ2n) is 4.69. The monoisotopic (exact) mass is 288 g/mol. The Morgan fingerprint density at radius 3 is 1.79 bits per heavy atom. The molecule has 19 heavy (non-hydrogen) atoms. The Bertz CT molecular complexity index is 263. The molecule has 0 spiro atoms. The first kappa shape index (κ1) is 20.4. The third-order valence-electron chi connectivity index (χ3n) is 1.78. The van der Waals surface area contributed by atoms with E-state index in [9.17, 15) is 4.79 Å². The number of aliphatic carboxylic acids is 1. The zero-order valence-electron chi connectivity index (χ0n) is 13.0. The van der Waals surface area contributed by atoms with Crippen molar-refractivity contribution < 1.29 is 19.4 Å². The molecular weight excluding hydrogens is 260 g/mol. The summed E-state index contributed by atoms with van der Waals surface area (Å²) in [5.74, 6) is -0.897. The van der Waals surface area contributed by atoms with E-state index in [0.29, 0.717) is 0 Å². The van der Waals surface area contributed by atoms with Crippen LogP contribution in [-0.4, -0.2) is 38.7 Å². The standard InChI is InChI=1S/C10H22O2Si.C4H6O2/c1-6-7-13-10(11-8(2)3)12-9(4)5;1-3(2)4(5)6/h6-10H,13H2,1-5H3;1H2,2H3,(H,5,6). The molecule has 0 aliphatic rings. The molecule has 0 rings (SSSR count). The van der Waals surface area contributed by atoms with Gasteiger partial charge < -0.3 is 14.6 Å². The third kappa shape index (κ3) is 17.1. The minimum Gasteiger partial charge on any atom is -0.478 e. The van der Waals surface area contributed by atoms with Crippen molar-refractivity contribution in [2.45, 2.75) is 59.7 Å². The first-order valence-electron chi connectivity index (χ1n) is 6.51. The summed E-state index contributed by atoms with van der Waals surface area (Å²) in [6.45, 7) is 14.8. The summed E-state index contributed by atoms with van der Waals surface area (Å²) in [6.07, 6.45) is 2.58. The normalized spacial score (nSPS) is 11.6. The fraction of sp³-hybridized carbons (Fsp3) is 0.643. The van der Waals surface area contributed by atoms with Gasteiger partial charge in [-0.15, -0.1) is 5.70 Å². The minimum atomic E-state index is -0.935. The molecule has 0 aromatic carbocycles. The van der Waals surface area contributed by atoms with E-state index < -0.39 is 5.97 Å². The molecule has 0 fully saturated rings. The molecule has 5 heteroatoms. The number of rotatable bonds is 7. The lowest BCUT2D eigenvalue weighted by Gasteiger charge is -2.21. The molecule has 0 amide bonds. The van der Waals surface area contributed by atoms with Crippen molar-refractivity contribution in [2.24, 2.45) is 0 Å². The van der Waals surface area contributed by atoms with Gasteiger partial charge in [-0.05, 0) is 41.5 Å². The zero-order chi connectivity index (χ0) is 15.4. The number of ether oxygens (including phenoxy) is 2. The predicted octanol–water partition coefficient (Wildman–Crippen LogP) is 2.47. The lowest BCUT2D eigenvalue weighted by atomic mass is 10.4. The third-order valence-corrected chi connectivity index (χ3v) is 3.29. The van der Waals surface area contributed by atoms with Crippen LogP contribution in [0.2, 0.25) is 0 Å². The maximum Gasteiger partial charge on any atom is 0.330 e. The average molecular weight is 288 g/mol. The van der Waals surface area contributed by atoms with E-state index in [2.05, 4.69) is 18.4 Å². The molecule has 0 aliphatic heterocycles. The molecule has 0 heterocycles. The molecule has 112 valence electrons. The predicted molar refractivity (Wildman–Crippen MR) is 82.0 cm³/mol. The van der Waals surface area contributed by atoms with Crippen LogP contribution in [0.1, 0.15) is 41.5 Å². The van der Waals surface area contributed by atoms with Crippen LogP contribution in [0.15, 0.2) is 23.9 Å². The molecule has 0 radical (unpaired) electrons. The van der Waals surface area contributed by atoms with Gasteiger partial charge in [-0.1, -0.05) is 12.7 Å². The van der Waals surface area contributed by atoms with Gasteiger partial charge in [0.1, 0.15) is 15.4 Å². The fourth-order valence-corrected chi connectivity index (χ4v) is 2.48. The summed E-state index contributed by atoms with van der Waals surface area (Å²) in [6, 6.07) is 0. The van der Waals surface area contributed by atoms with Gasteiger partial charge >= 0.3 is 5.97 Å². The van der Waals surface area contributed by atoms with Crippen molar-refractivity contribution in [1.82, 2.24) is 0 Å². The highest BCUT2D eigenvalue weighted by atomic mass is 28.2. The Labute approximate surface area is 119 Å². The van der Waals surface area contributed by atoms with Crippen LogP contribution in [0.3, 0.4) is 0 Å². The van der Waals surface area contributed by atoms with Gasteiger partial charge in [0.2, 0.25) is 0 Å². The van der Waals surface area contributed by atoms with Crippen LogP contribution < -0.4 is 0 Å². The van der Waals surface area contributed by atoms with Crippen molar-refractivity contribution in [2.75, 3.05) is 0 Å². The smallest absolute Gasteiger partial charge is 0.330 e. The highest BCUT2D eigenvalue weighted by molar-refractivity contribution is 6.43. The summed E-state index contributed by atoms with van der Waals surface area (Å²) < 4.78 is 11.3. The number of carboxylic acids is 1. The van der Waals surface area contributed by atoms with Crippen LogP contribution in [-0.2, 0) is 14.3 Å². The van der Waals surface area contributed by atoms with Gasteiger partial charge in [-0.25, -0.2) is 4.79 Å². The average Bonchev–Trinajstić information content (AvgIpc) is 2.25. The molecule has 4 nitrogen and oxygen atoms in total. The van der Waals surface area contributed by atoms with Crippen molar-refractivity contribution in [3.63, 3.8) is 0 Å². The van der Waals surface area contributed by atoms with Gasteiger partial charge in [-0.2, -0.15) is 0 Å². The Hall–Kier alpha value is -0.913. The van der Waals surface area contributed by atoms with E-state index in [-0.39, 0.29) is 33.2 Å². The molecule has 0 saturated heterocycles. The largest absolute Gasteiger partial charge is 0.478 e. The highest BCUT2D eigenvalue weighted by Crippen LogP contribution is 2.02. The van der Waals surface area contributed by atoms with E-state index in [4.69, 9.17) is 14.6 Å². The Balaban J connectivity index is 0. The van der Waals surface area contributed by atoms with E-state index in [1.807, 2.05) is 34.6 Å². The van der Waals surface area contributed by atoms with Gasteiger partial charge in [0.25, 0.3) is 0 Å². The van der Waals surface area contributed by atoms with Crippen LogP contribution >= 0.6 is 0 Å². The van der Waals surface area contributed by atoms with Gasteiger partial charge in [0, 0.05) is 5.57 Å². The molecule has 0 aromatic rings. The molecule has 0 saturated carbocycles. The number of hydrogen-bond donors (Lipinski definition) is 1. The number of carbonyl (C=O) groups is 1. The number of carboxylic acid groups (broad SMARTS) is 1. The van der Waals surface area contributed by atoms with E-state index >= 15 is 0 Å². The van der Waals surface area contributed by atoms with E-state index in [1.54, 1.807) is 0 Å². The first-order chi connectivity index (χ1) is 8.70. The maximum absolute atomic E-state index is 9.60. The Morgan fingerprint density at radius 1 is 1.21 bits per heavy atom. The van der Waals surface area contributed by atoms with Crippen molar-refractivity contribution in [3.05, 3.63) is 23.9 Å². The van der Waals surface area contributed by atoms with Crippen molar-refractivity contribution in [1.29, 1.82) is 0 Å². The van der Waals surface area contributed by atoms with Crippen molar-refractivity contribution in [3.8, 4) is 0 Å². The maximum atomic E-state index is 9.60. The van der Waals surface area contributed by atoms with Crippen molar-refractivity contribution >= 4 is 15.5 Å². The molecule has 0 unspecified atom stereocenters. The second kappa shape index (κ2) is 12.1. The summed E-state index contributed by atoms with van der Waals surface area (Å²) in [4.78, 5) is 9.60. The quantitative estimate of drug-likeness (QED) is 0.444. The summed E-state index contributed by atoms with van der Waals surface area (Å²) in [5.41, 5.74) is 2.38. The lowest BCUT2D eigenvalue weighted by molar-refractivity contribution is -0.133. The van der Waals surface area contributed by atoms with Crippen LogP contribution in [0, 0.1) is 0 Å². The van der Waals surface area contributed by atoms with E-state index in [1.165, 1.54) is 6.92 Å². The zero-order valence-corrected chi connectivity index (χ0v) is 14.4. The number of hydrogen-bond acceptors (Lipinski definition) is 3. The van der Waals surface area contributed by atoms with Gasteiger partial charge in [0.05, 0.1) is 12.2 Å². The molecular formula is C14H28O4Si. The van der Waals surface area contributed by atoms with E-state index in [0.717, 1.165) is 0 Å². The molecule has 0 atom stereocenters.